The molecule has 0 saturated heterocycles. The lowest BCUT2D eigenvalue weighted by atomic mass is 10.2. The second-order valence-corrected chi connectivity index (χ2v) is 5.04. The molecule has 0 spiro atoms. The van der Waals surface area contributed by atoms with Gasteiger partial charge in [-0.2, -0.15) is 0 Å². The summed E-state index contributed by atoms with van der Waals surface area (Å²) in [5, 5.41) is 19.9. The van der Waals surface area contributed by atoms with E-state index in [2.05, 4.69) is 15.9 Å². The van der Waals surface area contributed by atoms with E-state index in [1.165, 1.54) is 6.07 Å². The Morgan fingerprint density at radius 1 is 1.20 bits per heavy atom. The van der Waals surface area contributed by atoms with Crippen molar-refractivity contribution < 1.29 is 14.8 Å². The maximum atomic E-state index is 11.0. The smallest absolute Gasteiger partial charge is 0.277 e. The lowest BCUT2D eigenvalue weighted by Crippen LogP contribution is -2.00. The normalized spacial score (nSPS) is 10.3. The number of nitro benzene ring substituents is 1. The molecule has 20 heavy (non-hydrogen) atoms. The molecule has 0 unspecified atom stereocenters. The van der Waals surface area contributed by atoms with Crippen molar-refractivity contribution in [3.8, 4) is 5.75 Å². The number of aliphatic hydroxyl groups is 1. The van der Waals surface area contributed by atoms with E-state index in [0.717, 1.165) is 5.56 Å². The van der Waals surface area contributed by atoms with Crippen LogP contribution in [0.25, 0.3) is 0 Å². The molecule has 2 rings (SSSR count). The third kappa shape index (κ3) is 3.55. The molecule has 0 aliphatic rings. The second kappa shape index (κ2) is 6.49. The predicted octanol–water partition coefficient (Wildman–Crippen LogP) is 3.43. The summed E-state index contributed by atoms with van der Waals surface area (Å²) in [7, 11) is 0. The number of hydrogen-bond acceptors (Lipinski definition) is 4. The van der Waals surface area contributed by atoms with E-state index in [4.69, 9.17) is 9.84 Å². The van der Waals surface area contributed by atoms with Crippen LogP contribution in [0, 0.1) is 10.1 Å². The molecule has 2 aromatic carbocycles. The highest BCUT2D eigenvalue weighted by atomic mass is 79.9. The van der Waals surface area contributed by atoms with Gasteiger partial charge in [-0.15, -0.1) is 0 Å². The Hall–Kier alpha value is -1.92. The lowest BCUT2D eigenvalue weighted by Gasteiger charge is -2.07. The van der Waals surface area contributed by atoms with Crippen LogP contribution in [0.5, 0.6) is 5.75 Å². The standard InChI is InChI=1S/C14H12BrNO4/c15-12-4-3-11(14(7-12)16(18)19)9-20-13-5-1-10(8-17)2-6-13/h1-7,17H,8-9H2. The van der Waals surface area contributed by atoms with Gasteiger partial charge in [0.2, 0.25) is 0 Å². The highest BCUT2D eigenvalue weighted by molar-refractivity contribution is 9.10. The fourth-order valence-electron chi connectivity index (χ4n) is 1.68. The van der Waals surface area contributed by atoms with Gasteiger partial charge in [-0.3, -0.25) is 10.1 Å². The number of ether oxygens (including phenoxy) is 1. The van der Waals surface area contributed by atoms with E-state index in [1.807, 2.05) is 0 Å². The number of hydrogen-bond donors (Lipinski definition) is 1. The number of nitro groups is 1. The van der Waals surface area contributed by atoms with Crippen molar-refractivity contribution in [2.45, 2.75) is 13.2 Å². The first-order valence-corrected chi connectivity index (χ1v) is 6.65. The predicted molar refractivity (Wildman–Crippen MR) is 77.5 cm³/mol. The summed E-state index contributed by atoms with van der Waals surface area (Å²) >= 11 is 3.21. The van der Waals surface area contributed by atoms with Crippen LogP contribution in [0.15, 0.2) is 46.9 Å². The second-order valence-electron chi connectivity index (χ2n) is 4.12. The summed E-state index contributed by atoms with van der Waals surface area (Å²) in [6.45, 7) is 0.0839. The van der Waals surface area contributed by atoms with Crippen LogP contribution >= 0.6 is 15.9 Å². The molecule has 0 saturated carbocycles. The average Bonchev–Trinajstić information content (AvgIpc) is 2.46. The summed E-state index contributed by atoms with van der Waals surface area (Å²) in [5.41, 5.74) is 1.31. The fraction of sp³-hybridized carbons (Fsp3) is 0.143. The van der Waals surface area contributed by atoms with Gasteiger partial charge in [0.15, 0.2) is 0 Å². The van der Waals surface area contributed by atoms with Gasteiger partial charge in [0.1, 0.15) is 12.4 Å². The number of rotatable bonds is 5. The lowest BCUT2D eigenvalue weighted by molar-refractivity contribution is -0.385. The maximum Gasteiger partial charge on any atom is 0.277 e. The summed E-state index contributed by atoms with van der Waals surface area (Å²) in [4.78, 5) is 10.5. The molecule has 0 aliphatic heterocycles. The minimum atomic E-state index is -0.432. The number of halogens is 1. The number of nitrogens with zero attached hydrogens (tertiary/aromatic N) is 1. The van der Waals surface area contributed by atoms with E-state index in [0.29, 0.717) is 15.8 Å². The molecule has 104 valence electrons. The van der Waals surface area contributed by atoms with Crippen molar-refractivity contribution in [3.05, 3.63) is 68.2 Å². The van der Waals surface area contributed by atoms with Crippen LogP contribution in [0.3, 0.4) is 0 Å². The van der Waals surface area contributed by atoms with Crippen LogP contribution in [0.2, 0.25) is 0 Å². The zero-order valence-corrected chi connectivity index (χ0v) is 12.0. The first-order valence-electron chi connectivity index (χ1n) is 5.85. The molecule has 0 radical (unpaired) electrons. The number of benzene rings is 2. The van der Waals surface area contributed by atoms with Gasteiger partial charge in [-0.25, -0.2) is 0 Å². The van der Waals surface area contributed by atoms with Crippen LogP contribution < -0.4 is 4.74 Å². The van der Waals surface area contributed by atoms with Crippen molar-refractivity contribution in [2.75, 3.05) is 0 Å². The van der Waals surface area contributed by atoms with E-state index in [-0.39, 0.29) is 18.9 Å². The van der Waals surface area contributed by atoms with E-state index >= 15 is 0 Å². The van der Waals surface area contributed by atoms with Gasteiger partial charge in [0, 0.05) is 10.5 Å². The molecule has 0 bridgehead atoms. The van der Waals surface area contributed by atoms with E-state index in [1.54, 1.807) is 36.4 Å². The topological polar surface area (TPSA) is 72.6 Å². The molecule has 0 fully saturated rings. The Labute approximate surface area is 124 Å². The highest BCUT2D eigenvalue weighted by Gasteiger charge is 2.14. The quantitative estimate of drug-likeness (QED) is 0.670. The largest absolute Gasteiger partial charge is 0.489 e. The summed E-state index contributed by atoms with van der Waals surface area (Å²) in [6.07, 6.45) is 0. The van der Waals surface area contributed by atoms with Crippen LogP contribution in [0.1, 0.15) is 11.1 Å². The molecule has 0 aromatic heterocycles. The molecular formula is C14H12BrNO4. The van der Waals surface area contributed by atoms with Crippen LogP contribution in [-0.2, 0) is 13.2 Å². The first kappa shape index (κ1) is 14.5. The van der Waals surface area contributed by atoms with E-state index < -0.39 is 4.92 Å². The zero-order chi connectivity index (χ0) is 14.5. The molecule has 5 nitrogen and oxygen atoms in total. The molecule has 1 N–H and O–H groups in total. The minimum Gasteiger partial charge on any atom is -0.489 e. The summed E-state index contributed by atoms with van der Waals surface area (Å²) in [6, 6.07) is 11.8. The highest BCUT2D eigenvalue weighted by Crippen LogP contribution is 2.25. The summed E-state index contributed by atoms with van der Waals surface area (Å²) < 4.78 is 6.17. The van der Waals surface area contributed by atoms with E-state index in [9.17, 15) is 10.1 Å². The van der Waals surface area contributed by atoms with Crippen molar-refractivity contribution in [1.29, 1.82) is 0 Å². The van der Waals surface area contributed by atoms with Crippen molar-refractivity contribution in [3.63, 3.8) is 0 Å². The van der Waals surface area contributed by atoms with Gasteiger partial charge in [-0.05, 0) is 29.8 Å². The zero-order valence-electron chi connectivity index (χ0n) is 10.5. The Bertz CT molecular complexity index is 613. The molecular weight excluding hydrogens is 326 g/mol. The van der Waals surface area contributed by atoms with Crippen molar-refractivity contribution in [1.82, 2.24) is 0 Å². The van der Waals surface area contributed by atoms with Crippen LogP contribution in [-0.4, -0.2) is 10.0 Å². The van der Waals surface area contributed by atoms with Gasteiger partial charge < -0.3 is 9.84 Å². The Balaban J connectivity index is 2.12. The fourth-order valence-corrected chi connectivity index (χ4v) is 2.03. The van der Waals surface area contributed by atoms with Crippen LogP contribution in [0.4, 0.5) is 5.69 Å². The molecule has 0 atom stereocenters. The van der Waals surface area contributed by atoms with Gasteiger partial charge in [0.25, 0.3) is 5.69 Å². The average molecular weight is 338 g/mol. The first-order chi connectivity index (χ1) is 9.60. The minimum absolute atomic E-state index is 0.0198. The molecule has 6 heteroatoms. The summed E-state index contributed by atoms with van der Waals surface area (Å²) in [5.74, 6) is 0.597. The Morgan fingerprint density at radius 2 is 1.90 bits per heavy atom. The monoisotopic (exact) mass is 337 g/mol. The molecule has 0 amide bonds. The third-order valence-electron chi connectivity index (χ3n) is 2.74. The van der Waals surface area contributed by atoms with Gasteiger partial charge in [0.05, 0.1) is 17.1 Å². The van der Waals surface area contributed by atoms with Crippen molar-refractivity contribution in [2.24, 2.45) is 0 Å². The van der Waals surface area contributed by atoms with Gasteiger partial charge in [-0.1, -0.05) is 28.1 Å². The Morgan fingerprint density at radius 3 is 2.50 bits per heavy atom. The Kier molecular flexibility index (Phi) is 4.70. The maximum absolute atomic E-state index is 11.0. The molecule has 0 aliphatic carbocycles. The SMILES string of the molecule is O=[N+]([O-])c1cc(Br)ccc1COc1ccc(CO)cc1. The third-order valence-corrected chi connectivity index (χ3v) is 3.24. The van der Waals surface area contributed by atoms with Crippen molar-refractivity contribution >= 4 is 21.6 Å². The molecule has 0 heterocycles. The number of aliphatic hydroxyl groups excluding tert-OH is 1. The van der Waals surface area contributed by atoms with Gasteiger partial charge >= 0.3 is 0 Å². The molecule has 2 aromatic rings.